The Morgan fingerprint density at radius 1 is 0.415 bits per heavy atom. The molecule has 1 heterocycles. The van der Waals surface area contributed by atoms with Crippen LogP contribution >= 0.6 is 15.9 Å². The second-order valence-electron chi connectivity index (χ2n) is 11.0. The highest BCUT2D eigenvalue weighted by atomic mass is 79.9. The molecular formula is C39H32BrN. The van der Waals surface area contributed by atoms with Gasteiger partial charge in [-0.15, -0.1) is 0 Å². The van der Waals surface area contributed by atoms with Gasteiger partial charge in [0, 0.05) is 21.8 Å². The number of benzene rings is 5. The predicted molar refractivity (Wildman–Crippen MR) is 178 cm³/mol. The second kappa shape index (κ2) is 11.3. The van der Waals surface area contributed by atoms with Gasteiger partial charge in [-0.25, -0.2) is 0 Å². The molecule has 5 aromatic carbocycles. The molecule has 0 atom stereocenters. The van der Waals surface area contributed by atoms with Crippen LogP contribution in [0.5, 0.6) is 0 Å². The number of halogens is 1. The molecule has 41 heavy (non-hydrogen) atoms. The van der Waals surface area contributed by atoms with Gasteiger partial charge in [0.15, 0.2) is 0 Å². The predicted octanol–water partition coefficient (Wildman–Crippen LogP) is 11.4. The quantitative estimate of drug-likeness (QED) is 0.194. The third-order valence-electron chi connectivity index (χ3n) is 7.55. The van der Waals surface area contributed by atoms with E-state index in [4.69, 9.17) is 4.98 Å². The molecule has 1 aromatic heterocycles. The Bertz CT molecular complexity index is 1840. The van der Waals surface area contributed by atoms with Crippen molar-refractivity contribution >= 4 is 15.9 Å². The van der Waals surface area contributed by atoms with Crippen LogP contribution in [-0.4, -0.2) is 4.98 Å². The Kier molecular flexibility index (Phi) is 7.43. The molecule has 0 fully saturated rings. The van der Waals surface area contributed by atoms with Crippen LogP contribution in [0.1, 0.15) is 22.3 Å². The topological polar surface area (TPSA) is 12.9 Å². The summed E-state index contributed by atoms with van der Waals surface area (Å²) in [5.41, 5.74) is 16.7. The number of aryl methyl sites for hydroxylation is 4. The lowest BCUT2D eigenvalue weighted by Gasteiger charge is -2.14. The second-order valence-corrected chi connectivity index (χ2v) is 11.8. The van der Waals surface area contributed by atoms with Crippen molar-refractivity contribution < 1.29 is 0 Å². The molecule has 0 saturated heterocycles. The van der Waals surface area contributed by atoms with E-state index in [-0.39, 0.29) is 0 Å². The summed E-state index contributed by atoms with van der Waals surface area (Å²) in [5.74, 6) is 0. The first kappa shape index (κ1) is 26.9. The van der Waals surface area contributed by atoms with Crippen LogP contribution in [0.3, 0.4) is 0 Å². The summed E-state index contributed by atoms with van der Waals surface area (Å²) in [6.07, 6.45) is 1.99. The number of hydrogen-bond donors (Lipinski definition) is 0. The zero-order valence-electron chi connectivity index (χ0n) is 23.9. The van der Waals surface area contributed by atoms with Crippen LogP contribution < -0.4 is 0 Å². The lowest BCUT2D eigenvalue weighted by atomic mass is 9.92. The van der Waals surface area contributed by atoms with Crippen molar-refractivity contribution in [2.45, 2.75) is 27.7 Å². The molecule has 0 amide bonds. The lowest BCUT2D eigenvalue weighted by molar-refractivity contribution is 1.32. The lowest BCUT2D eigenvalue weighted by Crippen LogP contribution is -1.91. The van der Waals surface area contributed by atoms with Gasteiger partial charge in [0.2, 0.25) is 0 Å². The van der Waals surface area contributed by atoms with Crippen LogP contribution in [0.4, 0.5) is 0 Å². The third-order valence-corrected chi connectivity index (χ3v) is 8.21. The van der Waals surface area contributed by atoms with Gasteiger partial charge in [-0.2, -0.15) is 0 Å². The normalized spacial score (nSPS) is 11.0. The van der Waals surface area contributed by atoms with Crippen LogP contribution in [0.25, 0.3) is 55.8 Å². The fourth-order valence-electron chi connectivity index (χ4n) is 5.83. The summed E-state index contributed by atoms with van der Waals surface area (Å²) < 4.78 is 1.05. The summed E-state index contributed by atoms with van der Waals surface area (Å²) in [7, 11) is 0. The molecule has 0 aliphatic heterocycles. The van der Waals surface area contributed by atoms with Crippen molar-refractivity contribution in [1.82, 2.24) is 4.98 Å². The number of pyridine rings is 1. The Balaban J connectivity index is 1.33. The minimum atomic E-state index is 0.951. The molecule has 2 heteroatoms. The van der Waals surface area contributed by atoms with Crippen molar-refractivity contribution in [3.05, 3.63) is 148 Å². The fraction of sp³-hybridized carbons (Fsp3) is 0.103. The summed E-state index contributed by atoms with van der Waals surface area (Å²) in [6.45, 7) is 8.62. The van der Waals surface area contributed by atoms with Gasteiger partial charge in [0.1, 0.15) is 0 Å². The Morgan fingerprint density at radius 2 is 0.878 bits per heavy atom. The molecule has 0 unspecified atom stereocenters. The van der Waals surface area contributed by atoms with E-state index in [0.29, 0.717) is 0 Å². The van der Waals surface area contributed by atoms with E-state index >= 15 is 0 Å². The Labute approximate surface area is 251 Å². The van der Waals surface area contributed by atoms with Crippen LogP contribution in [0.15, 0.2) is 126 Å². The molecule has 0 aliphatic carbocycles. The minimum Gasteiger partial charge on any atom is -0.256 e. The van der Waals surface area contributed by atoms with Gasteiger partial charge >= 0.3 is 0 Å². The average Bonchev–Trinajstić information content (AvgIpc) is 2.96. The van der Waals surface area contributed by atoms with E-state index in [9.17, 15) is 0 Å². The molecule has 1 nitrogen and oxygen atoms in total. The molecule has 0 aliphatic rings. The Morgan fingerprint density at radius 3 is 1.37 bits per heavy atom. The SMILES string of the molecule is Cc1cc(C)cc(-c2ccccc2-c2ccc(-c3ccc(-c4ccccc4-c4cc(C)cc(C)c4)c(Br)c3)nc2)c1. The molecule has 0 N–H and O–H groups in total. The van der Waals surface area contributed by atoms with Gasteiger partial charge in [-0.05, 0) is 78.8 Å². The zero-order chi connectivity index (χ0) is 28.5. The maximum atomic E-state index is 4.90. The Hall–Kier alpha value is -4.27. The molecule has 6 rings (SSSR count). The first-order valence-corrected chi connectivity index (χ1v) is 14.8. The highest BCUT2D eigenvalue weighted by Gasteiger charge is 2.13. The smallest absolute Gasteiger partial charge is 0.0702 e. The maximum Gasteiger partial charge on any atom is 0.0702 e. The van der Waals surface area contributed by atoms with E-state index in [1.54, 1.807) is 0 Å². The van der Waals surface area contributed by atoms with Crippen LogP contribution in [-0.2, 0) is 0 Å². The molecule has 6 aromatic rings. The molecule has 200 valence electrons. The summed E-state index contributed by atoms with van der Waals surface area (Å²) in [5, 5.41) is 0. The number of hydrogen-bond acceptors (Lipinski definition) is 1. The standard InChI is InChI=1S/C39H32BrN/c1-25-17-26(2)20-31(19-25)34-10-6-5-9-33(34)30-14-16-39(41-24-30)29-13-15-37(38(40)23-29)36-12-8-7-11-35(36)32-21-27(3)18-28(4)22-32/h5-24H,1-4H3. The van der Waals surface area contributed by atoms with E-state index < -0.39 is 0 Å². The summed E-state index contributed by atoms with van der Waals surface area (Å²) >= 11 is 3.89. The largest absolute Gasteiger partial charge is 0.256 e. The van der Waals surface area contributed by atoms with Crippen LogP contribution in [0, 0.1) is 27.7 Å². The zero-order valence-corrected chi connectivity index (χ0v) is 25.5. The van der Waals surface area contributed by atoms with E-state index in [0.717, 1.165) is 21.3 Å². The number of nitrogens with zero attached hydrogens (tertiary/aromatic N) is 1. The van der Waals surface area contributed by atoms with E-state index in [1.807, 2.05) is 6.20 Å². The van der Waals surface area contributed by atoms with Gasteiger partial charge < -0.3 is 0 Å². The van der Waals surface area contributed by atoms with Gasteiger partial charge in [0.05, 0.1) is 5.69 Å². The van der Waals surface area contributed by atoms with Crippen molar-refractivity contribution in [2.75, 3.05) is 0 Å². The number of aromatic nitrogens is 1. The first-order chi connectivity index (χ1) is 19.9. The van der Waals surface area contributed by atoms with Crippen molar-refractivity contribution in [2.24, 2.45) is 0 Å². The van der Waals surface area contributed by atoms with Crippen molar-refractivity contribution in [3.63, 3.8) is 0 Å². The van der Waals surface area contributed by atoms with Crippen molar-refractivity contribution in [3.8, 4) is 55.8 Å². The molecule has 0 radical (unpaired) electrons. The van der Waals surface area contributed by atoms with E-state index in [2.05, 4.69) is 159 Å². The highest BCUT2D eigenvalue weighted by molar-refractivity contribution is 9.10. The molecular weight excluding hydrogens is 562 g/mol. The highest BCUT2D eigenvalue weighted by Crippen LogP contribution is 2.39. The molecule has 0 bridgehead atoms. The van der Waals surface area contributed by atoms with Gasteiger partial charge in [-0.3, -0.25) is 4.98 Å². The fourth-order valence-corrected chi connectivity index (χ4v) is 6.43. The molecule has 0 saturated carbocycles. The van der Waals surface area contributed by atoms with Crippen LogP contribution in [0.2, 0.25) is 0 Å². The average molecular weight is 595 g/mol. The summed E-state index contributed by atoms with van der Waals surface area (Å²) in [4.78, 5) is 4.90. The van der Waals surface area contributed by atoms with Crippen molar-refractivity contribution in [1.29, 1.82) is 0 Å². The van der Waals surface area contributed by atoms with Gasteiger partial charge in [-0.1, -0.05) is 141 Å². The maximum absolute atomic E-state index is 4.90. The van der Waals surface area contributed by atoms with Gasteiger partial charge in [0.25, 0.3) is 0 Å². The monoisotopic (exact) mass is 593 g/mol. The third kappa shape index (κ3) is 5.66. The van der Waals surface area contributed by atoms with E-state index in [1.165, 1.54) is 61.2 Å². The summed E-state index contributed by atoms with van der Waals surface area (Å²) in [6, 6.07) is 41.5. The first-order valence-electron chi connectivity index (χ1n) is 14.0. The minimum absolute atomic E-state index is 0.951. The number of rotatable bonds is 5. The molecule has 0 spiro atoms.